The van der Waals surface area contributed by atoms with Crippen LogP contribution in [0.3, 0.4) is 0 Å². The number of ether oxygens (including phenoxy) is 1. The molecule has 0 radical (unpaired) electrons. The van der Waals surface area contributed by atoms with Gasteiger partial charge >= 0.3 is 5.97 Å². The Kier molecular flexibility index (Phi) is 8.47. The SMILES string of the molecule is O=C1CCCS(=O)CCC/C=C\C/C=C\CCO1. The Morgan fingerprint density at radius 1 is 1.00 bits per heavy atom. The lowest BCUT2D eigenvalue weighted by molar-refractivity contribution is -0.143. The summed E-state index contributed by atoms with van der Waals surface area (Å²) >= 11 is 0. The molecule has 1 rings (SSSR count). The van der Waals surface area contributed by atoms with E-state index < -0.39 is 10.8 Å². The minimum atomic E-state index is -0.789. The highest BCUT2D eigenvalue weighted by Crippen LogP contribution is 2.02. The molecule has 0 N–H and O–H groups in total. The number of cyclic esters (lactones) is 1. The Hall–Kier alpha value is -0.900. The zero-order valence-corrected chi connectivity index (χ0v) is 11.6. The largest absolute Gasteiger partial charge is 0.465 e. The number of allylic oxidation sites excluding steroid dienone is 3. The van der Waals surface area contributed by atoms with Crippen molar-refractivity contribution < 1.29 is 13.7 Å². The van der Waals surface area contributed by atoms with Gasteiger partial charge in [-0.05, 0) is 32.1 Å². The lowest BCUT2D eigenvalue weighted by atomic mass is 10.2. The van der Waals surface area contributed by atoms with Crippen molar-refractivity contribution in [3.8, 4) is 0 Å². The Bertz CT molecular complexity index is 291. The van der Waals surface area contributed by atoms with Crippen LogP contribution in [-0.2, 0) is 20.3 Å². The maximum Gasteiger partial charge on any atom is 0.305 e. The van der Waals surface area contributed by atoms with Crippen LogP contribution in [0, 0.1) is 0 Å². The molecule has 18 heavy (non-hydrogen) atoms. The van der Waals surface area contributed by atoms with Crippen LogP contribution in [0.25, 0.3) is 0 Å². The molecule has 1 heterocycles. The van der Waals surface area contributed by atoms with Crippen molar-refractivity contribution in [1.29, 1.82) is 0 Å². The topological polar surface area (TPSA) is 43.4 Å². The minimum Gasteiger partial charge on any atom is -0.465 e. The highest BCUT2D eigenvalue weighted by molar-refractivity contribution is 7.84. The molecule has 0 bridgehead atoms. The average molecular weight is 270 g/mol. The van der Waals surface area contributed by atoms with Crippen LogP contribution in [0.4, 0.5) is 0 Å². The van der Waals surface area contributed by atoms with Gasteiger partial charge < -0.3 is 4.74 Å². The zero-order chi connectivity index (χ0) is 13.1. The van der Waals surface area contributed by atoms with Crippen LogP contribution in [0.1, 0.15) is 38.5 Å². The Morgan fingerprint density at radius 3 is 2.56 bits per heavy atom. The zero-order valence-electron chi connectivity index (χ0n) is 10.8. The Labute approximate surface area is 112 Å². The van der Waals surface area contributed by atoms with E-state index in [0.717, 1.165) is 31.4 Å². The van der Waals surface area contributed by atoms with Gasteiger partial charge in [0.1, 0.15) is 0 Å². The predicted molar refractivity (Wildman–Crippen MR) is 74.8 cm³/mol. The first kappa shape index (κ1) is 15.2. The summed E-state index contributed by atoms with van der Waals surface area (Å²) in [5.41, 5.74) is 0. The summed E-state index contributed by atoms with van der Waals surface area (Å²) in [6, 6.07) is 0. The molecule has 0 saturated heterocycles. The second-order valence-electron chi connectivity index (χ2n) is 4.28. The minimum absolute atomic E-state index is 0.174. The van der Waals surface area contributed by atoms with E-state index in [9.17, 15) is 9.00 Å². The average Bonchev–Trinajstić information content (AvgIpc) is 2.34. The van der Waals surface area contributed by atoms with E-state index in [2.05, 4.69) is 18.2 Å². The molecule has 0 saturated carbocycles. The van der Waals surface area contributed by atoms with Gasteiger partial charge in [-0.3, -0.25) is 9.00 Å². The van der Waals surface area contributed by atoms with E-state index in [0.29, 0.717) is 25.2 Å². The number of rotatable bonds is 0. The van der Waals surface area contributed by atoms with Crippen molar-refractivity contribution in [2.24, 2.45) is 0 Å². The van der Waals surface area contributed by atoms with E-state index >= 15 is 0 Å². The normalized spacial score (nSPS) is 28.2. The van der Waals surface area contributed by atoms with Crippen LogP contribution >= 0.6 is 0 Å². The molecule has 3 nitrogen and oxygen atoms in total. The molecule has 0 fully saturated rings. The van der Waals surface area contributed by atoms with E-state index in [-0.39, 0.29) is 5.97 Å². The second-order valence-corrected chi connectivity index (χ2v) is 5.98. The molecule has 0 amide bonds. The number of esters is 1. The van der Waals surface area contributed by atoms with Crippen molar-refractivity contribution in [3.63, 3.8) is 0 Å². The molecule has 0 aromatic carbocycles. The third-order valence-electron chi connectivity index (χ3n) is 2.65. The molecule has 0 aromatic heterocycles. The summed E-state index contributed by atoms with van der Waals surface area (Å²) in [5, 5.41) is 0. The van der Waals surface area contributed by atoms with Gasteiger partial charge in [0.05, 0.1) is 6.61 Å². The number of carbonyl (C=O) groups excluding carboxylic acids is 1. The van der Waals surface area contributed by atoms with E-state index in [1.165, 1.54) is 0 Å². The molecular weight excluding hydrogens is 248 g/mol. The van der Waals surface area contributed by atoms with Crippen molar-refractivity contribution in [2.45, 2.75) is 38.5 Å². The molecule has 1 aliphatic rings. The molecule has 0 aromatic rings. The van der Waals surface area contributed by atoms with Gasteiger partial charge in [0.25, 0.3) is 0 Å². The molecular formula is C14H22O3S. The lowest BCUT2D eigenvalue weighted by Gasteiger charge is -2.04. The van der Waals surface area contributed by atoms with Crippen LogP contribution in [0.2, 0.25) is 0 Å². The van der Waals surface area contributed by atoms with Gasteiger partial charge in [-0.2, -0.15) is 0 Å². The van der Waals surface area contributed by atoms with Crippen LogP contribution < -0.4 is 0 Å². The lowest BCUT2D eigenvalue weighted by Crippen LogP contribution is -2.09. The van der Waals surface area contributed by atoms with Crippen LogP contribution in [0.15, 0.2) is 24.3 Å². The smallest absolute Gasteiger partial charge is 0.305 e. The Balaban J connectivity index is 2.36. The number of hydrogen-bond donors (Lipinski definition) is 0. The summed E-state index contributed by atoms with van der Waals surface area (Å²) in [7, 11) is -0.789. The highest BCUT2D eigenvalue weighted by Gasteiger charge is 2.05. The predicted octanol–water partition coefficient (Wildman–Crippen LogP) is 2.74. The van der Waals surface area contributed by atoms with Crippen molar-refractivity contribution in [2.75, 3.05) is 18.1 Å². The molecule has 1 aliphatic heterocycles. The second kappa shape index (κ2) is 10.1. The third kappa shape index (κ3) is 8.23. The van der Waals surface area contributed by atoms with Gasteiger partial charge in [0.2, 0.25) is 0 Å². The summed E-state index contributed by atoms with van der Waals surface area (Å²) in [6.07, 6.45) is 13.1. The first-order valence-electron chi connectivity index (χ1n) is 6.59. The van der Waals surface area contributed by atoms with Crippen molar-refractivity contribution >= 4 is 16.8 Å². The van der Waals surface area contributed by atoms with Gasteiger partial charge in [0.15, 0.2) is 0 Å². The maximum absolute atomic E-state index is 11.6. The summed E-state index contributed by atoms with van der Waals surface area (Å²) < 4.78 is 16.7. The molecule has 1 unspecified atom stereocenters. The summed E-state index contributed by atoms with van der Waals surface area (Å²) in [4.78, 5) is 11.3. The van der Waals surface area contributed by atoms with Gasteiger partial charge in [-0.15, -0.1) is 0 Å². The van der Waals surface area contributed by atoms with Gasteiger partial charge in [0, 0.05) is 28.7 Å². The van der Waals surface area contributed by atoms with Crippen LogP contribution in [-0.4, -0.2) is 28.3 Å². The monoisotopic (exact) mass is 270 g/mol. The van der Waals surface area contributed by atoms with Gasteiger partial charge in [-0.25, -0.2) is 0 Å². The highest BCUT2D eigenvalue weighted by atomic mass is 32.2. The van der Waals surface area contributed by atoms with E-state index in [1.54, 1.807) is 0 Å². The molecule has 1 atom stereocenters. The fraction of sp³-hybridized carbons (Fsp3) is 0.643. The fourth-order valence-electron chi connectivity index (χ4n) is 1.66. The van der Waals surface area contributed by atoms with Crippen molar-refractivity contribution in [1.82, 2.24) is 0 Å². The first-order chi connectivity index (χ1) is 8.79. The summed E-state index contributed by atoms with van der Waals surface area (Å²) in [5.74, 6) is 1.17. The fourth-order valence-corrected chi connectivity index (χ4v) is 2.82. The van der Waals surface area contributed by atoms with Crippen molar-refractivity contribution in [3.05, 3.63) is 24.3 Å². The molecule has 102 valence electrons. The van der Waals surface area contributed by atoms with Crippen LogP contribution in [0.5, 0.6) is 0 Å². The third-order valence-corrected chi connectivity index (χ3v) is 4.14. The van der Waals surface area contributed by atoms with Gasteiger partial charge in [-0.1, -0.05) is 24.3 Å². The first-order valence-corrected chi connectivity index (χ1v) is 8.08. The molecule has 0 spiro atoms. The molecule has 4 heteroatoms. The number of hydrogen-bond acceptors (Lipinski definition) is 3. The molecule has 0 aliphatic carbocycles. The standard InChI is InChI=1S/C14H22O3S/c15-14-10-9-13-18(16)12-8-6-4-2-1-3-5-7-11-17-14/h2-5H,1,6-13H2/b4-2-,5-3-. The Morgan fingerprint density at radius 2 is 1.72 bits per heavy atom. The maximum atomic E-state index is 11.6. The quantitative estimate of drug-likeness (QED) is 0.502. The van der Waals surface area contributed by atoms with E-state index in [1.807, 2.05) is 6.08 Å². The summed E-state index contributed by atoms with van der Waals surface area (Å²) in [6.45, 7) is 0.447. The number of carbonyl (C=O) groups is 1. The van der Waals surface area contributed by atoms with E-state index in [4.69, 9.17) is 4.74 Å².